The van der Waals surface area contributed by atoms with E-state index in [2.05, 4.69) is 32.0 Å². The summed E-state index contributed by atoms with van der Waals surface area (Å²) < 4.78 is 0. The molecule has 84 valence electrons. The second kappa shape index (κ2) is 5.89. The lowest BCUT2D eigenvalue weighted by Crippen LogP contribution is -2.05. The molecule has 0 fully saturated rings. The van der Waals surface area contributed by atoms with Crippen LogP contribution in [-0.4, -0.2) is 23.4 Å². The van der Waals surface area contributed by atoms with Crippen molar-refractivity contribution in [2.45, 2.75) is 32.6 Å². The summed E-state index contributed by atoms with van der Waals surface area (Å²) in [5, 5.41) is 18.1. The standard InChI is InChI=1S/C13H20O2/c1-10-5-6-12(8-11(10)2)13(9-15)4-3-7-14/h5-6,8,13-15H,3-4,7,9H2,1-2H3/t13-/m0/s1. The molecule has 2 nitrogen and oxygen atoms in total. The van der Waals surface area contributed by atoms with Crippen molar-refractivity contribution >= 4 is 0 Å². The first kappa shape index (κ1) is 12.2. The highest BCUT2D eigenvalue weighted by Crippen LogP contribution is 2.22. The molecule has 0 radical (unpaired) electrons. The second-order valence-corrected chi connectivity index (χ2v) is 4.09. The van der Waals surface area contributed by atoms with Gasteiger partial charge in [-0.1, -0.05) is 18.2 Å². The van der Waals surface area contributed by atoms with E-state index < -0.39 is 0 Å². The molecule has 0 heterocycles. The van der Waals surface area contributed by atoms with Gasteiger partial charge in [0.1, 0.15) is 0 Å². The monoisotopic (exact) mass is 208 g/mol. The minimum Gasteiger partial charge on any atom is -0.396 e. The van der Waals surface area contributed by atoms with Crippen molar-refractivity contribution in [3.8, 4) is 0 Å². The van der Waals surface area contributed by atoms with Gasteiger partial charge in [-0.05, 0) is 43.4 Å². The molecule has 0 saturated carbocycles. The third-order valence-corrected chi connectivity index (χ3v) is 2.93. The van der Waals surface area contributed by atoms with Crippen LogP contribution < -0.4 is 0 Å². The normalized spacial score (nSPS) is 12.8. The quantitative estimate of drug-likeness (QED) is 0.778. The van der Waals surface area contributed by atoms with Gasteiger partial charge in [0.15, 0.2) is 0 Å². The highest BCUT2D eigenvalue weighted by atomic mass is 16.3. The maximum absolute atomic E-state index is 9.28. The summed E-state index contributed by atoms with van der Waals surface area (Å²) >= 11 is 0. The summed E-state index contributed by atoms with van der Waals surface area (Å²) in [4.78, 5) is 0. The van der Waals surface area contributed by atoms with Crippen LogP contribution in [0.3, 0.4) is 0 Å². The fraction of sp³-hybridized carbons (Fsp3) is 0.538. The lowest BCUT2D eigenvalue weighted by Gasteiger charge is -2.15. The molecular weight excluding hydrogens is 188 g/mol. The molecule has 1 aromatic rings. The molecule has 0 aliphatic heterocycles. The molecule has 2 N–H and O–H groups in total. The van der Waals surface area contributed by atoms with Gasteiger partial charge in [-0.3, -0.25) is 0 Å². The number of benzene rings is 1. The zero-order valence-electron chi connectivity index (χ0n) is 9.53. The first-order valence-corrected chi connectivity index (χ1v) is 5.48. The number of aliphatic hydroxyl groups is 2. The van der Waals surface area contributed by atoms with E-state index in [0.29, 0.717) is 0 Å². The minimum absolute atomic E-state index is 0.155. The molecule has 2 heteroatoms. The summed E-state index contributed by atoms with van der Waals surface area (Å²) in [7, 11) is 0. The Labute approximate surface area is 91.6 Å². The Hall–Kier alpha value is -0.860. The molecule has 0 amide bonds. The number of hydrogen-bond acceptors (Lipinski definition) is 2. The summed E-state index contributed by atoms with van der Waals surface area (Å²) in [5.41, 5.74) is 3.71. The molecule has 0 spiro atoms. The lowest BCUT2D eigenvalue weighted by atomic mass is 9.92. The molecule has 1 atom stereocenters. The smallest absolute Gasteiger partial charge is 0.0499 e. The maximum atomic E-state index is 9.28. The fourth-order valence-electron chi connectivity index (χ4n) is 1.72. The van der Waals surface area contributed by atoms with Gasteiger partial charge in [-0.2, -0.15) is 0 Å². The summed E-state index contributed by atoms with van der Waals surface area (Å²) in [6.07, 6.45) is 1.59. The molecule has 0 saturated heterocycles. The molecule has 1 rings (SSSR count). The van der Waals surface area contributed by atoms with Crippen LogP contribution in [0.2, 0.25) is 0 Å². The van der Waals surface area contributed by atoms with Crippen LogP contribution in [0.4, 0.5) is 0 Å². The zero-order chi connectivity index (χ0) is 11.3. The maximum Gasteiger partial charge on any atom is 0.0499 e. The van der Waals surface area contributed by atoms with Gasteiger partial charge in [0.05, 0.1) is 0 Å². The Morgan fingerprint density at radius 2 is 1.87 bits per heavy atom. The van der Waals surface area contributed by atoms with Gasteiger partial charge in [-0.25, -0.2) is 0 Å². The molecule has 0 aliphatic rings. The fourth-order valence-corrected chi connectivity index (χ4v) is 1.72. The van der Waals surface area contributed by atoms with Crippen molar-refractivity contribution < 1.29 is 10.2 Å². The lowest BCUT2D eigenvalue weighted by molar-refractivity contribution is 0.237. The van der Waals surface area contributed by atoms with Crippen LogP contribution in [0.15, 0.2) is 18.2 Å². The molecule has 0 aliphatic carbocycles. The first-order valence-electron chi connectivity index (χ1n) is 5.48. The van der Waals surface area contributed by atoms with Crippen molar-refractivity contribution in [3.05, 3.63) is 34.9 Å². The van der Waals surface area contributed by atoms with E-state index >= 15 is 0 Å². The van der Waals surface area contributed by atoms with E-state index in [1.807, 2.05) is 0 Å². The highest BCUT2D eigenvalue weighted by molar-refractivity contribution is 5.32. The Balaban J connectivity index is 2.78. The first-order chi connectivity index (χ1) is 7.19. The molecular formula is C13H20O2. The van der Waals surface area contributed by atoms with Crippen LogP contribution in [0.1, 0.15) is 35.4 Å². The predicted octanol–water partition coefficient (Wildman–Crippen LogP) is 2.15. The Kier molecular flexibility index (Phi) is 4.79. The van der Waals surface area contributed by atoms with Crippen molar-refractivity contribution in [2.24, 2.45) is 0 Å². The van der Waals surface area contributed by atoms with Gasteiger partial charge in [-0.15, -0.1) is 0 Å². The Morgan fingerprint density at radius 3 is 2.40 bits per heavy atom. The van der Waals surface area contributed by atoms with E-state index in [1.165, 1.54) is 16.7 Å². The van der Waals surface area contributed by atoms with E-state index in [1.54, 1.807) is 0 Å². The van der Waals surface area contributed by atoms with Crippen LogP contribution in [0.5, 0.6) is 0 Å². The number of aliphatic hydroxyl groups excluding tert-OH is 2. The van der Waals surface area contributed by atoms with Crippen LogP contribution in [-0.2, 0) is 0 Å². The Bertz CT molecular complexity index is 307. The summed E-state index contributed by atoms with van der Waals surface area (Å²) in [6, 6.07) is 6.29. The van der Waals surface area contributed by atoms with Crippen LogP contribution >= 0.6 is 0 Å². The summed E-state index contributed by atoms with van der Waals surface area (Å²) in [5.74, 6) is 0.163. The predicted molar refractivity (Wildman–Crippen MR) is 62.1 cm³/mol. The SMILES string of the molecule is Cc1ccc([C@H](CO)CCCO)cc1C. The zero-order valence-corrected chi connectivity index (χ0v) is 9.53. The van der Waals surface area contributed by atoms with Crippen molar-refractivity contribution in [2.75, 3.05) is 13.2 Å². The van der Waals surface area contributed by atoms with Crippen LogP contribution in [0.25, 0.3) is 0 Å². The summed E-state index contributed by atoms with van der Waals surface area (Å²) in [6.45, 7) is 4.52. The molecule has 15 heavy (non-hydrogen) atoms. The second-order valence-electron chi connectivity index (χ2n) is 4.09. The third-order valence-electron chi connectivity index (χ3n) is 2.93. The third kappa shape index (κ3) is 3.33. The molecule has 0 aromatic heterocycles. The number of rotatable bonds is 5. The topological polar surface area (TPSA) is 40.5 Å². The average molecular weight is 208 g/mol. The van der Waals surface area contributed by atoms with Gasteiger partial charge >= 0.3 is 0 Å². The van der Waals surface area contributed by atoms with E-state index in [0.717, 1.165) is 12.8 Å². The average Bonchev–Trinajstić information content (AvgIpc) is 2.24. The molecule has 0 bridgehead atoms. The van der Waals surface area contributed by atoms with Gasteiger partial charge in [0.25, 0.3) is 0 Å². The van der Waals surface area contributed by atoms with Crippen molar-refractivity contribution in [3.63, 3.8) is 0 Å². The largest absolute Gasteiger partial charge is 0.396 e. The molecule has 1 aromatic carbocycles. The van der Waals surface area contributed by atoms with Gasteiger partial charge < -0.3 is 10.2 Å². The number of hydrogen-bond donors (Lipinski definition) is 2. The highest BCUT2D eigenvalue weighted by Gasteiger charge is 2.10. The Morgan fingerprint density at radius 1 is 1.13 bits per heavy atom. The minimum atomic E-state index is 0.155. The molecule has 0 unspecified atom stereocenters. The van der Waals surface area contributed by atoms with Crippen molar-refractivity contribution in [1.82, 2.24) is 0 Å². The van der Waals surface area contributed by atoms with Gasteiger partial charge in [0, 0.05) is 19.1 Å². The van der Waals surface area contributed by atoms with E-state index in [9.17, 15) is 5.11 Å². The van der Waals surface area contributed by atoms with Crippen LogP contribution in [0, 0.1) is 13.8 Å². The van der Waals surface area contributed by atoms with Crippen molar-refractivity contribution in [1.29, 1.82) is 0 Å². The van der Waals surface area contributed by atoms with E-state index in [4.69, 9.17) is 5.11 Å². The number of aryl methyl sites for hydroxylation is 2. The van der Waals surface area contributed by atoms with Gasteiger partial charge in [0.2, 0.25) is 0 Å². The van der Waals surface area contributed by atoms with E-state index in [-0.39, 0.29) is 19.1 Å².